The van der Waals surface area contributed by atoms with Crippen molar-refractivity contribution in [2.24, 2.45) is 7.05 Å². The lowest BCUT2D eigenvalue weighted by Crippen LogP contribution is -2.16. The molecule has 0 aliphatic rings. The zero-order valence-corrected chi connectivity index (χ0v) is 10.6. The minimum Gasteiger partial charge on any atom is -0.505 e. The zero-order valence-electron chi connectivity index (χ0n) is 10.6. The molecule has 0 spiro atoms. The molecule has 1 amide bonds. The Bertz CT molecular complexity index is 622. The summed E-state index contributed by atoms with van der Waals surface area (Å²) >= 11 is 0. The van der Waals surface area contributed by atoms with Crippen molar-refractivity contribution in [2.75, 3.05) is 5.32 Å². The standard InChI is InChI=1S/C13H14FN3O2/c1-3-8-7-11(17(2)16-8)13(19)15-9-4-5-12(18)10(14)6-9/h4-7,18H,3H2,1-2H3,(H,15,19). The van der Waals surface area contributed by atoms with E-state index >= 15 is 0 Å². The number of aryl methyl sites for hydroxylation is 2. The van der Waals surface area contributed by atoms with Gasteiger partial charge in [-0.25, -0.2) is 4.39 Å². The largest absolute Gasteiger partial charge is 0.505 e. The number of halogens is 1. The van der Waals surface area contributed by atoms with E-state index in [0.717, 1.165) is 18.2 Å². The summed E-state index contributed by atoms with van der Waals surface area (Å²) in [6.45, 7) is 1.94. The fraction of sp³-hybridized carbons (Fsp3) is 0.231. The van der Waals surface area contributed by atoms with Crippen LogP contribution in [0.3, 0.4) is 0 Å². The second-order valence-corrected chi connectivity index (χ2v) is 4.12. The fourth-order valence-electron chi connectivity index (χ4n) is 1.69. The molecule has 0 saturated heterocycles. The summed E-state index contributed by atoms with van der Waals surface area (Å²) in [6.07, 6.45) is 0.731. The zero-order chi connectivity index (χ0) is 14.0. The molecule has 1 heterocycles. The monoisotopic (exact) mass is 263 g/mol. The topological polar surface area (TPSA) is 67.2 Å². The van der Waals surface area contributed by atoms with Gasteiger partial charge in [0.05, 0.1) is 5.69 Å². The molecule has 2 aromatic rings. The Kier molecular flexibility index (Phi) is 3.50. The minimum atomic E-state index is -0.781. The van der Waals surface area contributed by atoms with Crippen LogP contribution in [0.1, 0.15) is 23.1 Å². The lowest BCUT2D eigenvalue weighted by molar-refractivity contribution is 0.101. The highest BCUT2D eigenvalue weighted by atomic mass is 19.1. The maximum absolute atomic E-state index is 13.2. The van der Waals surface area contributed by atoms with Gasteiger partial charge in [0.15, 0.2) is 11.6 Å². The summed E-state index contributed by atoms with van der Waals surface area (Å²) in [4.78, 5) is 12.0. The number of hydrogen-bond donors (Lipinski definition) is 2. The van der Waals surface area contributed by atoms with Crippen LogP contribution in [0.25, 0.3) is 0 Å². The van der Waals surface area contributed by atoms with Gasteiger partial charge in [0, 0.05) is 18.8 Å². The maximum Gasteiger partial charge on any atom is 0.273 e. The summed E-state index contributed by atoms with van der Waals surface area (Å²) in [5.41, 5.74) is 1.48. The molecule has 100 valence electrons. The highest BCUT2D eigenvalue weighted by Crippen LogP contribution is 2.20. The number of amides is 1. The predicted octanol–water partition coefficient (Wildman–Crippen LogP) is 2.08. The van der Waals surface area contributed by atoms with Crippen molar-refractivity contribution in [1.29, 1.82) is 0 Å². The summed E-state index contributed by atoms with van der Waals surface area (Å²) in [5, 5.41) is 15.8. The van der Waals surface area contributed by atoms with Crippen LogP contribution in [0, 0.1) is 5.82 Å². The Labute approximate surface area is 109 Å². The van der Waals surface area contributed by atoms with Crippen molar-refractivity contribution >= 4 is 11.6 Å². The van der Waals surface area contributed by atoms with Crippen molar-refractivity contribution in [3.63, 3.8) is 0 Å². The van der Waals surface area contributed by atoms with Gasteiger partial charge >= 0.3 is 0 Å². The first-order chi connectivity index (χ1) is 9.01. The van der Waals surface area contributed by atoms with Gasteiger partial charge in [-0.2, -0.15) is 5.10 Å². The number of aromatic hydroxyl groups is 1. The van der Waals surface area contributed by atoms with Crippen LogP contribution < -0.4 is 5.32 Å². The van der Waals surface area contributed by atoms with E-state index in [1.807, 2.05) is 6.92 Å². The number of aromatic nitrogens is 2. The van der Waals surface area contributed by atoms with Crippen molar-refractivity contribution in [1.82, 2.24) is 9.78 Å². The average molecular weight is 263 g/mol. The molecule has 0 bridgehead atoms. The predicted molar refractivity (Wildman–Crippen MR) is 68.6 cm³/mol. The molecule has 6 heteroatoms. The first-order valence-corrected chi connectivity index (χ1v) is 5.84. The number of anilines is 1. The number of nitrogens with one attached hydrogen (secondary N) is 1. The Morgan fingerprint density at radius 2 is 2.21 bits per heavy atom. The van der Waals surface area contributed by atoms with Gasteiger partial charge in [-0.3, -0.25) is 9.48 Å². The molecule has 0 fully saturated rings. The number of hydrogen-bond acceptors (Lipinski definition) is 3. The van der Waals surface area contributed by atoms with E-state index in [4.69, 9.17) is 5.11 Å². The van der Waals surface area contributed by atoms with Crippen LogP contribution in [0.15, 0.2) is 24.3 Å². The molecule has 0 unspecified atom stereocenters. The van der Waals surface area contributed by atoms with Gasteiger partial charge < -0.3 is 10.4 Å². The van der Waals surface area contributed by atoms with Crippen LogP contribution in [0.2, 0.25) is 0 Å². The smallest absolute Gasteiger partial charge is 0.273 e. The van der Waals surface area contributed by atoms with E-state index in [1.54, 1.807) is 13.1 Å². The number of phenolic OH excluding ortho intramolecular Hbond substituents is 1. The molecule has 1 aromatic carbocycles. The highest BCUT2D eigenvalue weighted by Gasteiger charge is 2.13. The van der Waals surface area contributed by atoms with E-state index in [9.17, 15) is 9.18 Å². The van der Waals surface area contributed by atoms with Crippen LogP contribution in [-0.2, 0) is 13.5 Å². The van der Waals surface area contributed by atoms with Gasteiger partial charge in [0.1, 0.15) is 5.69 Å². The van der Waals surface area contributed by atoms with Crippen LogP contribution in [-0.4, -0.2) is 20.8 Å². The average Bonchev–Trinajstić information content (AvgIpc) is 2.75. The van der Waals surface area contributed by atoms with Gasteiger partial charge in [-0.05, 0) is 24.6 Å². The molecule has 19 heavy (non-hydrogen) atoms. The maximum atomic E-state index is 13.2. The molecule has 0 atom stereocenters. The number of benzene rings is 1. The molecular weight excluding hydrogens is 249 g/mol. The van der Waals surface area contributed by atoms with Crippen LogP contribution in [0.4, 0.5) is 10.1 Å². The second kappa shape index (κ2) is 5.09. The van der Waals surface area contributed by atoms with Crippen molar-refractivity contribution in [2.45, 2.75) is 13.3 Å². The normalized spacial score (nSPS) is 10.5. The SMILES string of the molecule is CCc1cc(C(=O)Nc2ccc(O)c(F)c2)n(C)n1. The molecule has 0 aliphatic heterocycles. The van der Waals surface area contributed by atoms with Crippen LogP contribution in [0.5, 0.6) is 5.75 Å². The van der Waals surface area contributed by atoms with E-state index in [0.29, 0.717) is 5.69 Å². The fourth-order valence-corrected chi connectivity index (χ4v) is 1.69. The Hall–Kier alpha value is -2.37. The number of carbonyl (C=O) groups is 1. The molecular formula is C13H14FN3O2. The molecule has 2 rings (SSSR count). The van der Waals surface area contributed by atoms with E-state index in [1.165, 1.54) is 16.8 Å². The lowest BCUT2D eigenvalue weighted by Gasteiger charge is -2.05. The summed E-state index contributed by atoms with van der Waals surface area (Å²) in [5.74, 6) is -1.61. The molecule has 0 radical (unpaired) electrons. The first-order valence-electron chi connectivity index (χ1n) is 5.84. The number of carbonyl (C=O) groups excluding carboxylic acids is 1. The molecule has 2 N–H and O–H groups in total. The highest BCUT2D eigenvalue weighted by molar-refractivity contribution is 6.03. The molecule has 5 nitrogen and oxygen atoms in total. The van der Waals surface area contributed by atoms with Gasteiger partial charge in [-0.15, -0.1) is 0 Å². The summed E-state index contributed by atoms with van der Waals surface area (Å²) in [7, 11) is 1.67. The molecule has 0 saturated carbocycles. The third kappa shape index (κ3) is 2.73. The number of phenols is 1. The van der Waals surface area contributed by atoms with Crippen molar-refractivity contribution in [3.8, 4) is 5.75 Å². The Balaban J connectivity index is 2.20. The van der Waals surface area contributed by atoms with E-state index in [2.05, 4.69) is 10.4 Å². The Morgan fingerprint density at radius 3 is 2.79 bits per heavy atom. The van der Waals surface area contributed by atoms with Crippen molar-refractivity contribution < 1.29 is 14.3 Å². The lowest BCUT2D eigenvalue weighted by atomic mass is 10.2. The van der Waals surface area contributed by atoms with Gasteiger partial charge in [-0.1, -0.05) is 6.92 Å². The third-order valence-corrected chi connectivity index (χ3v) is 2.73. The Morgan fingerprint density at radius 1 is 1.47 bits per heavy atom. The molecule has 0 aliphatic carbocycles. The van der Waals surface area contributed by atoms with E-state index in [-0.39, 0.29) is 11.6 Å². The number of nitrogens with zero attached hydrogens (tertiary/aromatic N) is 2. The second-order valence-electron chi connectivity index (χ2n) is 4.12. The van der Waals surface area contributed by atoms with Crippen molar-refractivity contribution in [3.05, 3.63) is 41.5 Å². The van der Waals surface area contributed by atoms with Gasteiger partial charge in [0.25, 0.3) is 5.91 Å². The number of rotatable bonds is 3. The summed E-state index contributed by atoms with van der Waals surface area (Å²) in [6, 6.07) is 5.36. The van der Waals surface area contributed by atoms with E-state index < -0.39 is 11.6 Å². The quantitative estimate of drug-likeness (QED) is 0.833. The molecule has 1 aromatic heterocycles. The van der Waals surface area contributed by atoms with Crippen LogP contribution >= 0.6 is 0 Å². The first kappa shape index (κ1) is 13.1. The van der Waals surface area contributed by atoms with Gasteiger partial charge in [0.2, 0.25) is 0 Å². The minimum absolute atomic E-state index is 0.277. The third-order valence-electron chi connectivity index (χ3n) is 2.73. The summed E-state index contributed by atoms with van der Waals surface area (Å²) < 4.78 is 14.6.